The van der Waals surface area contributed by atoms with E-state index in [1.165, 1.54) is 11.3 Å². The molecule has 94 valence electrons. The number of amides is 1. The zero-order valence-electron chi connectivity index (χ0n) is 10.2. The highest BCUT2D eigenvalue weighted by Gasteiger charge is 2.10. The number of nitrogens with two attached hydrogens (primary N) is 1. The van der Waals surface area contributed by atoms with E-state index in [1.54, 1.807) is 25.3 Å². The second kappa shape index (κ2) is 5.10. The van der Waals surface area contributed by atoms with E-state index in [0.29, 0.717) is 22.7 Å². The van der Waals surface area contributed by atoms with Gasteiger partial charge in [0.2, 0.25) is 0 Å². The number of nitrogen functional groups attached to an aromatic ring is 1. The Morgan fingerprint density at radius 1 is 1.39 bits per heavy atom. The van der Waals surface area contributed by atoms with Gasteiger partial charge in [-0.3, -0.25) is 4.79 Å². The third kappa shape index (κ3) is 2.46. The molecule has 3 N–H and O–H groups in total. The predicted molar refractivity (Wildman–Crippen MR) is 74.4 cm³/mol. The molecule has 0 fully saturated rings. The van der Waals surface area contributed by atoms with Crippen molar-refractivity contribution in [2.75, 3.05) is 18.2 Å². The molecule has 18 heavy (non-hydrogen) atoms. The lowest BCUT2D eigenvalue weighted by Crippen LogP contribution is -2.12. The van der Waals surface area contributed by atoms with Crippen molar-refractivity contribution in [2.45, 2.75) is 6.92 Å². The number of benzene rings is 1. The fourth-order valence-electron chi connectivity index (χ4n) is 1.58. The van der Waals surface area contributed by atoms with Gasteiger partial charge in [0.1, 0.15) is 5.75 Å². The van der Waals surface area contributed by atoms with E-state index in [9.17, 15) is 4.79 Å². The van der Waals surface area contributed by atoms with Crippen LogP contribution in [0.3, 0.4) is 0 Å². The van der Waals surface area contributed by atoms with Crippen molar-refractivity contribution >= 4 is 28.6 Å². The van der Waals surface area contributed by atoms with Gasteiger partial charge in [-0.05, 0) is 30.0 Å². The standard InChI is InChI=1S/C13H14N2O2S/c1-8-6-18-7-10(8)13(16)15-9-3-4-11(14)12(5-9)17-2/h3-7H,14H2,1-2H3,(H,15,16). The molecule has 5 heteroatoms. The number of anilines is 2. The molecule has 0 spiro atoms. The maximum absolute atomic E-state index is 12.0. The van der Waals surface area contributed by atoms with Crippen LogP contribution in [0.2, 0.25) is 0 Å². The molecule has 0 unspecified atom stereocenters. The van der Waals surface area contributed by atoms with Crippen molar-refractivity contribution in [3.63, 3.8) is 0 Å². The summed E-state index contributed by atoms with van der Waals surface area (Å²) in [5.41, 5.74) is 8.58. The van der Waals surface area contributed by atoms with Gasteiger partial charge in [-0.15, -0.1) is 0 Å². The fourth-order valence-corrected chi connectivity index (χ4v) is 2.41. The van der Waals surface area contributed by atoms with E-state index < -0.39 is 0 Å². The van der Waals surface area contributed by atoms with Crippen molar-refractivity contribution in [2.24, 2.45) is 0 Å². The number of aryl methyl sites for hydroxylation is 1. The van der Waals surface area contributed by atoms with Crippen molar-refractivity contribution in [1.29, 1.82) is 0 Å². The van der Waals surface area contributed by atoms with Crippen molar-refractivity contribution in [3.8, 4) is 5.75 Å². The first-order valence-electron chi connectivity index (χ1n) is 5.39. The van der Waals surface area contributed by atoms with Gasteiger partial charge in [0.25, 0.3) is 5.91 Å². The Bertz CT molecular complexity index is 578. The number of thiophene rings is 1. The summed E-state index contributed by atoms with van der Waals surface area (Å²) in [6.07, 6.45) is 0. The van der Waals surface area contributed by atoms with Crippen LogP contribution in [-0.2, 0) is 0 Å². The summed E-state index contributed by atoms with van der Waals surface area (Å²) in [6, 6.07) is 5.15. The molecule has 0 aliphatic heterocycles. The maximum Gasteiger partial charge on any atom is 0.256 e. The molecule has 4 nitrogen and oxygen atoms in total. The van der Waals surface area contributed by atoms with Gasteiger partial charge in [-0.1, -0.05) is 0 Å². The highest BCUT2D eigenvalue weighted by Crippen LogP contribution is 2.25. The van der Waals surface area contributed by atoms with Crippen LogP contribution in [0.5, 0.6) is 5.75 Å². The molecule has 1 aromatic carbocycles. The molecule has 2 rings (SSSR count). The van der Waals surface area contributed by atoms with Gasteiger partial charge in [-0.25, -0.2) is 0 Å². The minimum Gasteiger partial charge on any atom is -0.495 e. The van der Waals surface area contributed by atoms with E-state index in [2.05, 4.69) is 5.32 Å². The molecular formula is C13H14N2O2S. The lowest BCUT2D eigenvalue weighted by Gasteiger charge is -2.08. The number of rotatable bonds is 3. The number of hydrogen-bond donors (Lipinski definition) is 2. The average Bonchev–Trinajstić information content (AvgIpc) is 2.78. The maximum atomic E-state index is 12.0. The molecule has 0 aliphatic carbocycles. The third-order valence-electron chi connectivity index (χ3n) is 2.59. The second-order valence-corrected chi connectivity index (χ2v) is 4.62. The van der Waals surface area contributed by atoms with E-state index in [4.69, 9.17) is 10.5 Å². The Labute approximate surface area is 109 Å². The van der Waals surface area contributed by atoms with Gasteiger partial charge in [0, 0.05) is 17.1 Å². The summed E-state index contributed by atoms with van der Waals surface area (Å²) in [4.78, 5) is 12.0. The van der Waals surface area contributed by atoms with Crippen LogP contribution >= 0.6 is 11.3 Å². The highest BCUT2D eigenvalue weighted by atomic mass is 32.1. The smallest absolute Gasteiger partial charge is 0.256 e. The summed E-state index contributed by atoms with van der Waals surface area (Å²) >= 11 is 1.51. The molecule has 1 amide bonds. The molecule has 0 saturated carbocycles. The highest BCUT2D eigenvalue weighted by molar-refractivity contribution is 7.08. The monoisotopic (exact) mass is 262 g/mol. The molecule has 1 heterocycles. The molecule has 0 saturated heterocycles. The third-order valence-corrected chi connectivity index (χ3v) is 3.45. The molecule has 0 radical (unpaired) electrons. The Balaban J connectivity index is 2.20. The van der Waals surface area contributed by atoms with Crippen LogP contribution in [0.25, 0.3) is 0 Å². The Hall–Kier alpha value is -2.01. The van der Waals surface area contributed by atoms with Crippen LogP contribution in [0.15, 0.2) is 29.0 Å². The molecule has 0 bridgehead atoms. The summed E-state index contributed by atoms with van der Waals surface area (Å²) in [6.45, 7) is 1.91. The topological polar surface area (TPSA) is 64.3 Å². The van der Waals surface area contributed by atoms with E-state index >= 15 is 0 Å². The van der Waals surface area contributed by atoms with E-state index in [-0.39, 0.29) is 5.91 Å². The van der Waals surface area contributed by atoms with Gasteiger partial charge in [-0.2, -0.15) is 11.3 Å². The average molecular weight is 262 g/mol. The fraction of sp³-hybridized carbons (Fsp3) is 0.154. The van der Waals surface area contributed by atoms with Crippen LogP contribution in [0, 0.1) is 6.92 Å². The van der Waals surface area contributed by atoms with Crippen molar-refractivity contribution in [3.05, 3.63) is 40.1 Å². The van der Waals surface area contributed by atoms with Gasteiger partial charge >= 0.3 is 0 Å². The Morgan fingerprint density at radius 3 is 2.78 bits per heavy atom. The molecule has 0 aliphatic rings. The lowest BCUT2D eigenvalue weighted by atomic mass is 10.2. The summed E-state index contributed by atoms with van der Waals surface area (Å²) in [7, 11) is 1.54. The van der Waals surface area contributed by atoms with Crippen LogP contribution in [-0.4, -0.2) is 13.0 Å². The normalized spacial score (nSPS) is 10.1. The van der Waals surface area contributed by atoms with Crippen LogP contribution < -0.4 is 15.8 Å². The molecule has 1 aromatic heterocycles. The molecule has 0 atom stereocenters. The Kier molecular flexibility index (Phi) is 3.53. The largest absolute Gasteiger partial charge is 0.495 e. The number of hydrogen-bond acceptors (Lipinski definition) is 4. The second-order valence-electron chi connectivity index (χ2n) is 3.88. The zero-order chi connectivity index (χ0) is 13.1. The summed E-state index contributed by atoms with van der Waals surface area (Å²) in [5, 5.41) is 6.59. The quantitative estimate of drug-likeness (QED) is 0.836. The van der Waals surface area contributed by atoms with E-state index in [1.807, 2.05) is 17.7 Å². The first-order chi connectivity index (χ1) is 8.61. The lowest BCUT2D eigenvalue weighted by molar-refractivity contribution is 0.102. The van der Waals surface area contributed by atoms with Gasteiger partial charge in [0.05, 0.1) is 18.4 Å². The first kappa shape index (κ1) is 12.4. The minimum absolute atomic E-state index is 0.124. The van der Waals surface area contributed by atoms with Gasteiger partial charge < -0.3 is 15.8 Å². The number of carbonyl (C=O) groups excluding carboxylic acids is 1. The number of ether oxygens (including phenoxy) is 1. The number of methoxy groups -OCH3 is 1. The first-order valence-corrected chi connectivity index (χ1v) is 6.33. The van der Waals surface area contributed by atoms with Crippen LogP contribution in [0.1, 0.15) is 15.9 Å². The summed E-state index contributed by atoms with van der Waals surface area (Å²) in [5.74, 6) is 0.426. The number of nitrogens with one attached hydrogen (secondary N) is 1. The van der Waals surface area contributed by atoms with Crippen molar-refractivity contribution in [1.82, 2.24) is 0 Å². The van der Waals surface area contributed by atoms with E-state index in [0.717, 1.165) is 5.56 Å². The summed E-state index contributed by atoms with van der Waals surface area (Å²) < 4.78 is 5.11. The molecular weight excluding hydrogens is 248 g/mol. The molecule has 2 aromatic rings. The minimum atomic E-state index is -0.124. The zero-order valence-corrected chi connectivity index (χ0v) is 11.0. The van der Waals surface area contributed by atoms with Gasteiger partial charge in [0.15, 0.2) is 0 Å². The number of carbonyl (C=O) groups is 1. The predicted octanol–water partition coefficient (Wildman–Crippen LogP) is 2.90. The van der Waals surface area contributed by atoms with Crippen molar-refractivity contribution < 1.29 is 9.53 Å². The SMILES string of the molecule is COc1cc(NC(=O)c2cscc2C)ccc1N. The van der Waals surface area contributed by atoms with Crippen LogP contribution in [0.4, 0.5) is 11.4 Å². The Morgan fingerprint density at radius 2 is 2.17 bits per heavy atom.